The molecule has 102 valence electrons. The zero-order valence-electron chi connectivity index (χ0n) is 12.3. The largest absolute Gasteiger partial charge is 0.374 e. The summed E-state index contributed by atoms with van der Waals surface area (Å²) in [6, 6.07) is 0. The predicted octanol–water partition coefficient (Wildman–Crippen LogP) is 3.44. The first kappa shape index (κ1) is 15.0. The average Bonchev–Trinajstić information content (AvgIpc) is 2.83. The minimum Gasteiger partial charge on any atom is -0.374 e. The Hall–Kier alpha value is -1.02. The molecular formula is C16H28N2. The summed E-state index contributed by atoms with van der Waals surface area (Å²) in [7, 11) is 0. The first-order chi connectivity index (χ1) is 8.67. The zero-order valence-corrected chi connectivity index (χ0v) is 12.3. The number of hydrogen-bond donors (Lipinski definition) is 0. The van der Waals surface area contributed by atoms with Gasteiger partial charge in [-0.3, -0.25) is 0 Å². The Balaban J connectivity index is 2.48. The van der Waals surface area contributed by atoms with Gasteiger partial charge in [-0.25, -0.2) is 0 Å². The van der Waals surface area contributed by atoms with Gasteiger partial charge in [0.25, 0.3) is 0 Å². The SMILES string of the molecule is C=CC=C(C)C=C(C)N(CC)CCN1CCCC1. The molecular weight excluding hydrogens is 220 g/mol. The maximum Gasteiger partial charge on any atom is 0.0302 e. The standard InChI is InChI=1S/C16H28N2/c1-5-9-15(3)14-16(4)18(6-2)13-12-17-10-7-8-11-17/h5,9,14H,1,6-8,10-13H2,2-4H3. The van der Waals surface area contributed by atoms with Crippen LogP contribution in [0.5, 0.6) is 0 Å². The Morgan fingerprint density at radius 3 is 2.50 bits per heavy atom. The van der Waals surface area contributed by atoms with E-state index in [1.54, 1.807) is 0 Å². The van der Waals surface area contributed by atoms with Crippen LogP contribution in [0.2, 0.25) is 0 Å². The van der Waals surface area contributed by atoms with E-state index in [0.29, 0.717) is 0 Å². The van der Waals surface area contributed by atoms with Crippen LogP contribution in [0, 0.1) is 0 Å². The van der Waals surface area contributed by atoms with Crippen molar-refractivity contribution in [3.05, 3.63) is 36.1 Å². The molecule has 0 N–H and O–H groups in total. The Labute approximate surface area is 113 Å². The lowest BCUT2D eigenvalue weighted by Crippen LogP contribution is -2.32. The van der Waals surface area contributed by atoms with E-state index in [9.17, 15) is 0 Å². The van der Waals surface area contributed by atoms with Gasteiger partial charge in [0, 0.05) is 25.3 Å². The van der Waals surface area contributed by atoms with E-state index in [2.05, 4.69) is 49.3 Å². The molecule has 0 amide bonds. The van der Waals surface area contributed by atoms with Crippen LogP contribution in [0.1, 0.15) is 33.6 Å². The molecule has 1 fully saturated rings. The molecule has 0 aromatic carbocycles. The van der Waals surface area contributed by atoms with Crippen LogP contribution in [-0.2, 0) is 0 Å². The molecule has 2 nitrogen and oxygen atoms in total. The summed E-state index contributed by atoms with van der Waals surface area (Å²) in [5.74, 6) is 0. The quantitative estimate of drug-likeness (QED) is 0.637. The molecule has 2 heteroatoms. The highest BCUT2D eigenvalue weighted by Crippen LogP contribution is 2.10. The highest BCUT2D eigenvalue weighted by Gasteiger charge is 2.12. The maximum absolute atomic E-state index is 3.74. The smallest absolute Gasteiger partial charge is 0.0302 e. The summed E-state index contributed by atoms with van der Waals surface area (Å²) in [5.41, 5.74) is 2.62. The molecule has 0 atom stereocenters. The second kappa shape index (κ2) is 8.15. The van der Waals surface area contributed by atoms with E-state index >= 15 is 0 Å². The van der Waals surface area contributed by atoms with Crippen molar-refractivity contribution < 1.29 is 0 Å². The first-order valence-corrected chi connectivity index (χ1v) is 7.12. The Bertz CT molecular complexity index is 309. The van der Waals surface area contributed by atoms with Gasteiger partial charge in [0.15, 0.2) is 0 Å². The number of nitrogens with zero attached hydrogens (tertiary/aromatic N) is 2. The van der Waals surface area contributed by atoms with Gasteiger partial charge in [-0.1, -0.05) is 18.7 Å². The summed E-state index contributed by atoms with van der Waals surface area (Å²) in [6.07, 6.45) is 8.90. The summed E-state index contributed by atoms with van der Waals surface area (Å²) in [4.78, 5) is 5.03. The van der Waals surface area contributed by atoms with E-state index < -0.39 is 0 Å². The van der Waals surface area contributed by atoms with Crippen LogP contribution in [0.25, 0.3) is 0 Å². The van der Waals surface area contributed by atoms with Gasteiger partial charge in [0.2, 0.25) is 0 Å². The van der Waals surface area contributed by atoms with Crippen molar-refractivity contribution in [3.63, 3.8) is 0 Å². The van der Waals surface area contributed by atoms with Gasteiger partial charge in [-0.2, -0.15) is 0 Å². The molecule has 18 heavy (non-hydrogen) atoms. The Morgan fingerprint density at radius 2 is 1.94 bits per heavy atom. The topological polar surface area (TPSA) is 6.48 Å². The number of rotatable bonds is 7. The molecule has 1 heterocycles. The highest BCUT2D eigenvalue weighted by molar-refractivity contribution is 5.23. The Morgan fingerprint density at radius 1 is 1.28 bits per heavy atom. The molecule has 0 aromatic rings. The fraction of sp³-hybridized carbons (Fsp3) is 0.625. The van der Waals surface area contributed by atoms with Crippen molar-refractivity contribution in [3.8, 4) is 0 Å². The number of hydrogen-bond acceptors (Lipinski definition) is 2. The second-order valence-corrected chi connectivity index (χ2v) is 5.06. The molecule has 1 aliphatic heterocycles. The third kappa shape index (κ3) is 5.09. The number of likely N-dealkylation sites (tertiary alicyclic amines) is 1. The minimum atomic E-state index is 1.08. The van der Waals surface area contributed by atoms with E-state index in [4.69, 9.17) is 0 Å². The van der Waals surface area contributed by atoms with Crippen molar-refractivity contribution in [1.82, 2.24) is 9.80 Å². The van der Waals surface area contributed by atoms with Gasteiger partial charge in [-0.05, 0) is 58.4 Å². The molecule has 0 radical (unpaired) electrons. The third-order valence-electron chi connectivity index (χ3n) is 3.58. The fourth-order valence-electron chi connectivity index (χ4n) is 2.51. The first-order valence-electron chi connectivity index (χ1n) is 7.12. The maximum atomic E-state index is 3.74. The average molecular weight is 248 g/mol. The van der Waals surface area contributed by atoms with Crippen LogP contribution >= 0.6 is 0 Å². The summed E-state index contributed by atoms with van der Waals surface area (Å²) < 4.78 is 0. The van der Waals surface area contributed by atoms with Crippen LogP contribution in [0.15, 0.2) is 36.1 Å². The second-order valence-electron chi connectivity index (χ2n) is 5.06. The van der Waals surface area contributed by atoms with Crippen molar-refractivity contribution in [2.24, 2.45) is 0 Å². The van der Waals surface area contributed by atoms with Crippen LogP contribution in [0.4, 0.5) is 0 Å². The lowest BCUT2D eigenvalue weighted by molar-refractivity contribution is 0.269. The van der Waals surface area contributed by atoms with E-state index in [1.165, 1.54) is 43.7 Å². The summed E-state index contributed by atoms with van der Waals surface area (Å²) in [5, 5.41) is 0. The zero-order chi connectivity index (χ0) is 13.4. The van der Waals surface area contributed by atoms with Gasteiger partial charge >= 0.3 is 0 Å². The van der Waals surface area contributed by atoms with E-state index in [1.807, 2.05) is 6.08 Å². The van der Waals surface area contributed by atoms with Crippen molar-refractivity contribution in [1.29, 1.82) is 0 Å². The van der Waals surface area contributed by atoms with Gasteiger partial charge in [0.1, 0.15) is 0 Å². The van der Waals surface area contributed by atoms with Crippen LogP contribution < -0.4 is 0 Å². The normalized spacial score (nSPS) is 18.2. The summed E-state index contributed by atoms with van der Waals surface area (Å²) >= 11 is 0. The molecule has 0 bridgehead atoms. The van der Waals surface area contributed by atoms with Crippen molar-refractivity contribution in [2.75, 3.05) is 32.7 Å². The molecule has 0 unspecified atom stereocenters. The third-order valence-corrected chi connectivity index (χ3v) is 3.58. The van der Waals surface area contributed by atoms with E-state index in [-0.39, 0.29) is 0 Å². The lowest BCUT2D eigenvalue weighted by Gasteiger charge is -2.26. The molecule has 1 aliphatic rings. The number of allylic oxidation sites excluding steroid dienone is 5. The highest BCUT2D eigenvalue weighted by atomic mass is 15.2. The molecule has 0 aliphatic carbocycles. The molecule has 1 rings (SSSR count). The monoisotopic (exact) mass is 248 g/mol. The molecule has 0 saturated carbocycles. The van der Waals surface area contributed by atoms with Crippen molar-refractivity contribution in [2.45, 2.75) is 33.6 Å². The molecule has 0 aromatic heterocycles. The summed E-state index contributed by atoms with van der Waals surface area (Å²) in [6.45, 7) is 16.3. The lowest BCUT2D eigenvalue weighted by atomic mass is 10.2. The molecule has 1 saturated heterocycles. The van der Waals surface area contributed by atoms with Crippen LogP contribution in [-0.4, -0.2) is 42.5 Å². The molecule has 0 spiro atoms. The number of likely N-dealkylation sites (N-methyl/N-ethyl adjacent to an activating group) is 1. The van der Waals surface area contributed by atoms with Gasteiger partial charge in [-0.15, -0.1) is 0 Å². The van der Waals surface area contributed by atoms with Gasteiger partial charge < -0.3 is 9.80 Å². The van der Waals surface area contributed by atoms with Crippen molar-refractivity contribution >= 4 is 0 Å². The van der Waals surface area contributed by atoms with Gasteiger partial charge in [0.05, 0.1) is 0 Å². The van der Waals surface area contributed by atoms with Crippen LogP contribution in [0.3, 0.4) is 0 Å². The fourth-order valence-corrected chi connectivity index (χ4v) is 2.51. The van der Waals surface area contributed by atoms with E-state index in [0.717, 1.165) is 13.1 Å². The Kier molecular flexibility index (Phi) is 6.81. The minimum absolute atomic E-state index is 1.08. The predicted molar refractivity (Wildman–Crippen MR) is 80.6 cm³/mol.